The molecule has 0 amide bonds. The van der Waals surface area contributed by atoms with Crippen LogP contribution in [0.25, 0.3) is 27.8 Å². The minimum atomic E-state index is -5.77. The molecular weight excluding hydrogens is 402 g/mol. The number of benzene rings is 1. The van der Waals surface area contributed by atoms with Gasteiger partial charge in [-0.05, 0) is 42.0 Å². The third kappa shape index (κ3) is 3.13. The van der Waals surface area contributed by atoms with Gasteiger partial charge in [0.15, 0.2) is 0 Å². The highest BCUT2D eigenvalue weighted by Crippen LogP contribution is 2.30. The Labute approximate surface area is 155 Å². The molecule has 6 nitrogen and oxygen atoms in total. The molecule has 28 heavy (non-hydrogen) atoms. The first-order valence-corrected chi connectivity index (χ1v) is 9.09. The summed E-state index contributed by atoms with van der Waals surface area (Å²) in [5.74, 6) is -1.10. The normalized spacial score (nSPS) is 12.6. The minimum Gasteiger partial charge on any atom is -0.376 e. The molecule has 1 aromatic carbocycles. The first-order valence-electron chi connectivity index (χ1n) is 7.69. The van der Waals surface area contributed by atoms with Crippen molar-refractivity contribution in [1.29, 1.82) is 0 Å². The molecule has 0 aliphatic carbocycles. The van der Waals surface area contributed by atoms with Crippen LogP contribution in [0, 0.1) is 5.95 Å². The van der Waals surface area contributed by atoms with Gasteiger partial charge < -0.3 is 4.18 Å². The summed E-state index contributed by atoms with van der Waals surface area (Å²) in [6.07, 6.45) is 2.96. The highest BCUT2D eigenvalue weighted by molar-refractivity contribution is 7.88. The zero-order valence-electron chi connectivity index (χ0n) is 13.7. The van der Waals surface area contributed by atoms with Crippen molar-refractivity contribution in [2.45, 2.75) is 5.51 Å². The van der Waals surface area contributed by atoms with Gasteiger partial charge in [0, 0.05) is 24.0 Å². The van der Waals surface area contributed by atoms with Crippen LogP contribution in [-0.2, 0) is 10.1 Å². The second kappa shape index (κ2) is 6.16. The standard InChI is InChI=1S/C17H9F4N3O3S/c18-15-4-1-11(9-22-15)10-5-6-24-14-8-12(27-28(25,26)17(19,20)21)2-3-13(14)23-16(24)7-10/h1-9H. The van der Waals surface area contributed by atoms with Gasteiger partial charge in [0.2, 0.25) is 5.95 Å². The van der Waals surface area contributed by atoms with E-state index >= 15 is 0 Å². The first-order chi connectivity index (χ1) is 13.1. The molecule has 4 rings (SSSR count). The van der Waals surface area contributed by atoms with E-state index in [0.717, 1.165) is 12.1 Å². The van der Waals surface area contributed by atoms with Crippen LogP contribution in [-0.4, -0.2) is 28.3 Å². The Balaban J connectivity index is 1.77. The monoisotopic (exact) mass is 411 g/mol. The largest absolute Gasteiger partial charge is 0.534 e. The highest BCUT2D eigenvalue weighted by atomic mass is 32.2. The van der Waals surface area contributed by atoms with Gasteiger partial charge in [0.1, 0.15) is 11.4 Å². The molecule has 0 spiro atoms. The molecule has 0 bridgehead atoms. The molecule has 0 N–H and O–H groups in total. The number of hydrogen-bond donors (Lipinski definition) is 0. The number of alkyl halides is 3. The molecule has 0 radical (unpaired) electrons. The van der Waals surface area contributed by atoms with Crippen molar-refractivity contribution in [1.82, 2.24) is 14.4 Å². The summed E-state index contributed by atoms with van der Waals surface area (Å²) in [6.45, 7) is 0. The number of pyridine rings is 2. The smallest absolute Gasteiger partial charge is 0.376 e. The van der Waals surface area contributed by atoms with Crippen LogP contribution in [0.1, 0.15) is 0 Å². The number of imidazole rings is 1. The van der Waals surface area contributed by atoms with E-state index in [-0.39, 0.29) is 0 Å². The zero-order chi connectivity index (χ0) is 20.1. The highest BCUT2D eigenvalue weighted by Gasteiger charge is 2.48. The predicted molar refractivity (Wildman–Crippen MR) is 91.5 cm³/mol. The number of aromatic nitrogens is 3. The molecule has 0 aliphatic rings. The molecule has 0 fully saturated rings. The van der Waals surface area contributed by atoms with Gasteiger partial charge in [0.05, 0.1) is 11.0 Å². The third-order valence-corrected chi connectivity index (χ3v) is 4.90. The van der Waals surface area contributed by atoms with Crippen LogP contribution in [0.15, 0.2) is 54.9 Å². The van der Waals surface area contributed by atoms with Gasteiger partial charge in [-0.15, -0.1) is 0 Å². The molecule has 0 unspecified atom stereocenters. The van der Waals surface area contributed by atoms with Gasteiger partial charge in [-0.3, -0.25) is 4.40 Å². The molecule has 0 saturated heterocycles. The SMILES string of the molecule is O=S(=O)(Oc1ccc2nc3cc(-c4ccc(F)nc4)ccn3c2c1)C(F)(F)F. The van der Waals surface area contributed by atoms with E-state index in [1.165, 1.54) is 18.3 Å². The van der Waals surface area contributed by atoms with E-state index in [0.29, 0.717) is 27.8 Å². The third-order valence-electron chi connectivity index (χ3n) is 3.93. The van der Waals surface area contributed by atoms with Gasteiger partial charge in [-0.1, -0.05) is 0 Å². The van der Waals surface area contributed by atoms with Crippen molar-refractivity contribution in [2.24, 2.45) is 0 Å². The lowest BCUT2D eigenvalue weighted by molar-refractivity contribution is -0.0500. The van der Waals surface area contributed by atoms with Gasteiger partial charge >= 0.3 is 15.6 Å². The fraction of sp³-hybridized carbons (Fsp3) is 0.0588. The van der Waals surface area contributed by atoms with Gasteiger partial charge in [0.25, 0.3) is 0 Å². The first kappa shape index (κ1) is 18.2. The van der Waals surface area contributed by atoms with Crippen LogP contribution in [0.3, 0.4) is 0 Å². The number of rotatable bonds is 3. The van der Waals surface area contributed by atoms with E-state index in [1.807, 2.05) is 0 Å². The lowest BCUT2D eigenvalue weighted by atomic mass is 10.1. The Morgan fingerprint density at radius 1 is 1.00 bits per heavy atom. The maximum atomic E-state index is 13.0. The summed E-state index contributed by atoms with van der Waals surface area (Å²) < 4.78 is 78.5. The molecule has 0 saturated carbocycles. The summed E-state index contributed by atoms with van der Waals surface area (Å²) in [5, 5.41) is 0. The lowest BCUT2D eigenvalue weighted by Crippen LogP contribution is -2.28. The quantitative estimate of drug-likeness (QED) is 0.221. The van der Waals surface area contributed by atoms with Crippen LogP contribution >= 0.6 is 0 Å². The molecule has 3 heterocycles. The lowest BCUT2D eigenvalue weighted by Gasteiger charge is -2.09. The molecule has 11 heteroatoms. The Morgan fingerprint density at radius 2 is 1.79 bits per heavy atom. The fourth-order valence-corrected chi connectivity index (χ4v) is 3.10. The van der Waals surface area contributed by atoms with Gasteiger partial charge in [-0.2, -0.15) is 26.0 Å². The average Bonchev–Trinajstić information content (AvgIpc) is 2.98. The second-order valence-corrected chi connectivity index (χ2v) is 7.30. The summed E-state index contributed by atoms with van der Waals surface area (Å²) in [4.78, 5) is 7.93. The van der Waals surface area contributed by atoms with E-state index in [4.69, 9.17) is 0 Å². The van der Waals surface area contributed by atoms with Gasteiger partial charge in [-0.25, -0.2) is 9.97 Å². The molecule has 3 aromatic heterocycles. The van der Waals surface area contributed by atoms with Crippen molar-refractivity contribution < 1.29 is 30.2 Å². The average molecular weight is 411 g/mol. The molecular formula is C17H9F4N3O3S. The number of fused-ring (bicyclic) bond motifs is 3. The summed E-state index contributed by atoms with van der Waals surface area (Å²) in [6, 6.07) is 9.71. The minimum absolute atomic E-state index is 0.355. The summed E-state index contributed by atoms with van der Waals surface area (Å²) in [7, 11) is -5.77. The van der Waals surface area contributed by atoms with Crippen LogP contribution in [0.2, 0.25) is 0 Å². The van der Waals surface area contributed by atoms with E-state index < -0.39 is 27.3 Å². The Bertz CT molecular complexity index is 1300. The summed E-state index contributed by atoms with van der Waals surface area (Å²) in [5.41, 5.74) is -2.95. The predicted octanol–water partition coefficient (Wildman–Crippen LogP) is 3.92. The molecule has 0 aliphatic heterocycles. The molecule has 144 valence electrons. The van der Waals surface area contributed by atoms with Crippen LogP contribution < -0.4 is 4.18 Å². The van der Waals surface area contributed by atoms with E-state index in [1.54, 1.807) is 28.8 Å². The second-order valence-electron chi connectivity index (χ2n) is 5.76. The Morgan fingerprint density at radius 3 is 2.46 bits per heavy atom. The van der Waals surface area contributed by atoms with Crippen molar-refractivity contribution in [3.05, 3.63) is 60.8 Å². The van der Waals surface area contributed by atoms with E-state index in [2.05, 4.69) is 14.2 Å². The number of nitrogens with zero attached hydrogens (tertiary/aromatic N) is 3. The van der Waals surface area contributed by atoms with Crippen molar-refractivity contribution in [3.8, 4) is 16.9 Å². The fourth-order valence-electron chi connectivity index (χ4n) is 2.64. The van der Waals surface area contributed by atoms with Crippen LogP contribution in [0.5, 0.6) is 5.75 Å². The maximum Gasteiger partial charge on any atom is 0.534 e. The van der Waals surface area contributed by atoms with E-state index in [9.17, 15) is 26.0 Å². The maximum absolute atomic E-state index is 13.0. The summed E-state index contributed by atoms with van der Waals surface area (Å²) >= 11 is 0. The molecule has 4 aromatic rings. The van der Waals surface area contributed by atoms with Crippen molar-refractivity contribution in [3.63, 3.8) is 0 Å². The number of hydrogen-bond acceptors (Lipinski definition) is 5. The van der Waals surface area contributed by atoms with Crippen molar-refractivity contribution in [2.75, 3.05) is 0 Å². The Kier molecular flexibility index (Phi) is 4.00. The number of halogens is 4. The topological polar surface area (TPSA) is 73.6 Å². The van der Waals surface area contributed by atoms with Crippen LogP contribution in [0.4, 0.5) is 17.6 Å². The Hall–Kier alpha value is -3.21. The molecule has 0 atom stereocenters. The van der Waals surface area contributed by atoms with Crippen molar-refractivity contribution >= 4 is 26.8 Å². The zero-order valence-corrected chi connectivity index (χ0v) is 14.5.